The lowest BCUT2D eigenvalue weighted by atomic mass is 10.2. The van der Waals surface area contributed by atoms with E-state index in [9.17, 15) is 9.59 Å². The summed E-state index contributed by atoms with van der Waals surface area (Å²) < 4.78 is 16.3. The van der Waals surface area contributed by atoms with E-state index in [4.69, 9.17) is 37.4 Å². The average molecular weight is 488 g/mol. The zero-order valence-electron chi connectivity index (χ0n) is 18.2. The summed E-state index contributed by atoms with van der Waals surface area (Å²) in [4.78, 5) is 26.3. The number of halogens is 2. The van der Waals surface area contributed by atoms with E-state index in [0.29, 0.717) is 28.1 Å². The largest absolute Gasteiger partial charge is 0.493 e. The lowest BCUT2D eigenvalue weighted by Crippen LogP contribution is -2.30. The quantitative estimate of drug-likeness (QED) is 0.378. The van der Waals surface area contributed by atoms with E-state index in [0.717, 1.165) is 11.1 Å². The van der Waals surface area contributed by atoms with Gasteiger partial charge in [0.1, 0.15) is 6.61 Å². The maximum atomic E-state index is 12.4. The van der Waals surface area contributed by atoms with E-state index in [1.165, 1.54) is 18.1 Å². The Labute approximate surface area is 202 Å². The highest BCUT2D eigenvalue weighted by Gasteiger charge is 2.16. The number of methoxy groups -OCH3 is 1. The Kier molecular flexibility index (Phi) is 8.58. The van der Waals surface area contributed by atoms with Crippen molar-refractivity contribution in [3.63, 3.8) is 0 Å². The van der Waals surface area contributed by atoms with Gasteiger partial charge in [-0.15, -0.1) is 0 Å². The van der Waals surface area contributed by atoms with E-state index in [2.05, 4.69) is 0 Å². The highest BCUT2D eigenvalue weighted by Crippen LogP contribution is 2.30. The van der Waals surface area contributed by atoms with Gasteiger partial charge in [0, 0.05) is 29.2 Å². The Bertz CT molecular complexity index is 1120. The van der Waals surface area contributed by atoms with Crippen LogP contribution in [0.3, 0.4) is 0 Å². The van der Waals surface area contributed by atoms with E-state index in [-0.39, 0.29) is 24.7 Å². The third kappa shape index (κ3) is 6.88. The van der Waals surface area contributed by atoms with Crippen molar-refractivity contribution in [2.75, 3.05) is 20.8 Å². The van der Waals surface area contributed by atoms with Crippen molar-refractivity contribution < 1.29 is 23.8 Å². The first-order valence-electron chi connectivity index (χ1n) is 10.1. The first-order chi connectivity index (χ1) is 15.9. The first-order valence-corrected chi connectivity index (χ1v) is 10.8. The molecule has 0 radical (unpaired) electrons. The van der Waals surface area contributed by atoms with Gasteiger partial charge in [-0.3, -0.25) is 4.79 Å². The van der Waals surface area contributed by atoms with Gasteiger partial charge in [-0.1, -0.05) is 59.6 Å². The number of esters is 1. The number of rotatable bonds is 9. The fourth-order valence-corrected chi connectivity index (χ4v) is 3.44. The minimum absolute atomic E-state index is 0.193. The fraction of sp³-hybridized carbons (Fsp3) is 0.200. The van der Waals surface area contributed by atoms with Crippen LogP contribution in [0.1, 0.15) is 21.5 Å². The topological polar surface area (TPSA) is 65.1 Å². The molecule has 172 valence electrons. The zero-order chi connectivity index (χ0) is 23.8. The minimum atomic E-state index is -0.637. The molecule has 0 atom stereocenters. The van der Waals surface area contributed by atoms with Gasteiger partial charge in [0.25, 0.3) is 5.91 Å². The number of carbonyl (C=O) groups is 2. The minimum Gasteiger partial charge on any atom is -0.493 e. The molecule has 0 aliphatic heterocycles. The van der Waals surface area contributed by atoms with Gasteiger partial charge in [-0.25, -0.2) is 4.79 Å². The van der Waals surface area contributed by atoms with Crippen LogP contribution in [0.5, 0.6) is 11.5 Å². The van der Waals surface area contributed by atoms with Gasteiger partial charge in [0.2, 0.25) is 0 Å². The summed E-state index contributed by atoms with van der Waals surface area (Å²) in [6.45, 7) is 0.255. The first kappa shape index (κ1) is 24.4. The SMILES string of the molecule is COc1cc(C(=O)OCC(=O)N(C)Cc2ccccc2)ccc1OCc1ccc(Cl)cc1Cl. The number of amides is 1. The van der Waals surface area contributed by atoms with Gasteiger partial charge in [-0.2, -0.15) is 0 Å². The second-order valence-corrected chi connectivity index (χ2v) is 8.05. The molecule has 3 aromatic rings. The number of carbonyl (C=O) groups excluding carboxylic acids is 2. The van der Waals surface area contributed by atoms with Crippen LogP contribution in [0.25, 0.3) is 0 Å². The smallest absolute Gasteiger partial charge is 0.338 e. The predicted octanol–water partition coefficient (Wildman–Crippen LogP) is 5.40. The predicted molar refractivity (Wildman–Crippen MR) is 127 cm³/mol. The van der Waals surface area contributed by atoms with Crippen molar-refractivity contribution in [3.8, 4) is 11.5 Å². The zero-order valence-corrected chi connectivity index (χ0v) is 19.7. The molecule has 0 fully saturated rings. The second-order valence-electron chi connectivity index (χ2n) is 7.20. The lowest BCUT2D eigenvalue weighted by molar-refractivity contribution is -0.133. The normalized spacial score (nSPS) is 10.4. The van der Waals surface area contributed by atoms with Crippen LogP contribution in [0.4, 0.5) is 0 Å². The second kappa shape index (κ2) is 11.6. The van der Waals surface area contributed by atoms with Crippen LogP contribution in [0.2, 0.25) is 10.0 Å². The molecule has 33 heavy (non-hydrogen) atoms. The molecule has 0 spiro atoms. The van der Waals surface area contributed by atoms with E-state index >= 15 is 0 Å². The maximum Gasteiger partial charge on any atom is 0.338 e. The number of ether oxygens (including phenoxy) is 3. The molecular weight excluding hydrogens is 465 g/mol. The average Bonchev–Trinajstić information content (AvgIpc) is 2.82. The number of nitrogens with zero attached hydrogens (tertiary/aromatic N) is 1. The lowest BCUT2D eigenvalue weighted by Gasteiger charge is -2.17. The highest BCUT2D eigenvalue weighted by atomic mass is 35.5. The molecule has 3 rings (SSSR count). The molecular formula is C25H23Cl2NO5. The molecule has 0 aliphatic rings. The summed E-state index contributed by atoms with van der Waals surface area (Å²) in [7, 11) is 3.12. The summed E-state index contributed by atoms with van der Waals surface area (Å²) in [5.74, 6) is -0.165. The Morgan fingerprint density at radius 1 is 0.939 bits per heavy atom. The molecule has 0 aromatic heterocycles. The van der Waals surface area contributed by atoms with E-state index < -0.39 is 5.97 Å². The van der Waals surface area contributed by atoms with Gasteiger partial charge >= 0.3 is 5.97 Å². The van der Waals surface area contributed by atoms with Gasteiger partial charge in [0.05, 0.1) is 12.7 Å². The van der Waals surface area contributed by atoms with Crippen LogP contribution in [-0.2, 0) is 22.7 Å². The Morgan fingerprint density at radius 2 is 1.70 bits per heavy atom. The van der Waals surface area contributed by atoms with Crippen molar-refractivity contribution in [2.24, 2.45) is 0 Å². The van der Waals surface area contributed by atoms with Crippen molar-refractivity contribution in [2.45, 2.75) is 13.2 Å². The van der Waals surface area contributed by atoms with Crippen molar-refractivity contribution >= 4 is 35.1 Å². The van der Waals surface area contributed by atoms with Crippen LogP contribution in [-0.4, -0.2) is 37.5 Å². The Hall–Kier alpha value is -3.22. The van der Waals surface area contributed by atoms with E-state index in [1.54, 1.807) is 37.4 Å². The molecule has 0 saturated heterocycles. The number of benzene rings is 3. The van der Waals surface area contributed by atoms with Crippen molar-refractivity contribution in [1.82, 2.24) is 4.90 Å². The van der Waals surface area contributed by atoms with Crippen LogP contribution in [0, 0.1) is 0 Å². The molecule has 0 aliphatic carbocycles. The molecule has 8 heteroatoms. The van der Waals surface area contributed by atoms with Crippen molar-refractivity contribution in [1.29, 1.82) is 0 Å². The third-order valence-corrected chi connectivity index (χ3v) is 5.40. The molecule has 0 N–H and O–H groups in total. The van der Waals surface area contributed by atoms with Crippen LogP contribution in [0.15, 0.2) is 66.7 Å². The van der Waals surface area contributed by atoms with Crippen molar-refractivity contribution in [3.05, 3.63) is 93.5 Å². The maximum absolute atomic E-state index is 12.4. The monoisotopic (exact) mass is 487 g/mol. The highest BCUT2D eigenvalue weighted by molar-refractivity contribution is 6.35. The molecule has 0 bridgehead atoms. The fourth-order valence-electron chi connectivity index (χ4n) is 2.97. The molecule has 0 saturated carbocycles. The summed E-state index contributed by atoms with van der Waals surface area (Å²) in [5, 5.41) is 1.03. The van der Waals surface area contributed by atoms with Gasteiger partial charge < -0.3 is 19.1 Å². The van der Waals surface area contributed by atoms with Gasteiger partial charge in [0.15, 0.2) is 18.1 Å². The molecule has 0 heterocycles. The number of hydrogen-bond donors (Lipinski definition) is 0. The standard InChI is InChI=1S/C25H23Cl2NO5/c1-28(14-17-6-4-3-5-7-17)24(29)16-33-25(30)18-9-11-22(23(12-18)31-2)32-15-19-8-10-20(26)13-21(19)27/h3-13H,14-16H2,1-2H3. The Morgan fingerprint density at radius 3 is 2.39 bits per heavy atom. The third-order valence-electron chi connectivity index (χ3n) is 4.81. The molecule has 3 aromatic carbocycles. The summed E-state index contributed by atoms with van der Waals surface area (Å²) in [6.07, 6.45) is 0. The Balaban J connectivity index is 1.57. The van der Waals surface area contributed by atoms with Crippen LogP contribution < -0.4 is 9.47 Å². The number of likely N-dealkylation sites (N-methyl/N-ethyl adjacent to an activating group) is 1. The molecule has 0 unspecified atom stereocenters. The van der Waals surface area contributed by atoms with Crippen LogP contribution >= 0.6 is 23.2 Å². The van der Waals surface area contributed by atoms with Gasteiger partial charge in [-0.05, 0) is 35.9 Å². The number of hydrogen-bond acceptors (Lipinski definition) is 5. The van der Waals surface area contributed by atoms with E-state index in [1.807, 2.05) is 30.3 Å². The summed E-state index contributed by atoms with van der Waals surface area (Å²) in [5.41, 5.74) is 1.98. The molecule has 6 nitrogen and oxygen atoms in total. The summed E-state index contributed by atoms with van der Waals surface area (Å²) in [6, 6.07) is 19.3. The molecule has 1 amide bonds. The summed E-state index contributed by atoms with van der Waals surface area (Å²) >= 11 is 12.1.